The summed E-state index contributed by atoms with van der Waals surface area (Å²) in [6, 6.07) is 8.07. The fourth-order valence-corrected chi connectivity index (χ4v) is 3.04. The molecular formula is C18H19N3O3. The molecule has 0 radical (unpaired) electrons. The molecule has 0 aliphatic heterocycles. The lowest BCUT2D eigenvalue weighted by Gasteiger charge is -2.12. The lowest BCUT2D eigenvalue weighted by molar-refractivity contribution is -0.117. The highest BCUT2D eigenvalue weighted by atomic mass is 16.2. The maximum atomic E-state index is 12.2. The standard InChI is InChI=1S/C18H19N3O3/c1-20-11-13(17(23)21(2)18(20)24)8-10-16(22)19-15-9-7-12-5-3-4-6-14(12)15/h3-6,8,10-11,15H,7,9H2,1-2H3,(H,19,22)/b10-8+. The Labute approximate surface area is 139 Å². The number of aromatic nitrogens is 2. The Morgan fingerprint density at radius 3 is 2.79 bits per heavy atom. The summed E-state index contributed by atoms with van der Waals surface area (Å²) < 4.78 is 2.33. The van der Waals surface area contributed by atoms with Gasteiger partial charge in [-0.25, -0.2) is 4.79 Å². The van der Waals surface area contributed by atoms with Gasteiger partial charge < -0.3 is 9.88 Å². The van der Waals surface area contributed by atoms with Crippen LogP contribution in [0.3, 0.4) is 0 Å². The van der Waals surface area contributed by atoms with Crippen LogP contribution < -0.4 is 16.6 Å². The van der Waals surface area contributed by atoms with Crippen LogP contribution in [0.2, 0.25) is 0 Å². The quantitative estimate of drug-likeness (QED) is 0.852. The van der Waals surface area contributed by atoms with Crippen molar-refractivity contribution in [1.29, 1.82) is 0 Å². The normalized spacial score (nSPS) is 16.3. The number of benzene rings is 1. The lowest BCUT2D eigenvalue weighted by Crippen LogP contribution is -2.37. The van der Waals surface area contributed by atoms with Crippen LogP contribution in [0.5, 0.6) is 0 Å². The molecule has 1 heterocycles. The average molecular weight is 325 g/mol. The molecule has 1 aliphatic carbocycles. The fourth-order valence-electron chi connectivity index (χ4n) is 3.04. The molecule has 3 rings (SSSR count). The summed E-state index contributed by atoms with van der Waals surface area (Å²) in [4.78, 5) is 35.8. The van der Waals surface area contributed by atoms with E-state index in [2.05, 4.69) is 11.4 Å². The zero-order chi connectivity index (χ0) is 17.3. The summed E-state index contributed by atoms with van der Waals surface area (Å²) in [6.45, 7) is 0. The Bertz CT molecular complexity index is 937. The van der Waals surface area contributed by atoms with Crippen molar-refractivity contribution in [1.82, 2.24) is 14.5 Å². The van der Waals surface area contributed by atoms with E-state index in [0.717, 1.165) is 23.0 Å². The van der Waals surface area contributed by atoms with Crippen molar-refractivity contribution in [2.45, 2.75) is 18.9 Å². The van der Waals surface area contributed by atoms with Crippen LogP contribution in [0.25, 0.3) is 6.08 Å². The molecule has 0 fully saturated rings. The van der Waals surface area contributed by atoms with Gasteiger partial charge in [-0.1, -0.05) is 24.3 Å². The molecule has 0 bridgehead atoms. The van der Waals surface area contributed by atoms with E-state index in [-0.39, 0.29) is 11.9 Å². The topological polar surface area (TPSA) is 73.1 Å². The van der Waals surface area contributed by atoms with Crippen LogP contribution in [0, 0.1) is 0 Å². The van der Waals surface area contributed by atoms with Crippen molar-refractivity contribution in [2.75, 3.05) is 0 Å². The van der Waals surface area contributed by atoms with Gasteiger partial charge in [-0.2, -0.15) is 0 Å². The minimum atomic E-state index is -0.423. The van der Waals surface area contributed by atoms with Crippen molar-refractivity contribution >= 4 is 12.0 Å². The fraction of sp³-hybridized carbons (Fsp3) is 0.278. The first-order valence-corrected chi connectivity index (χ1v) is 7.80. The number of rotatable bonds is 3. The van der Waals surface area contributed by atoms with E-state index < -0.39 is 11.2 Å². The molecule has 6 nitrogen and oxygen atoms in total. The second kappa shape index (κ2) is 6.31. The van der Waals surface area contributed by atoms with E-state index in [4.69, 9.17) is 0 Å². The van der Waals surface area contributed by atoms with Crippen LogP contribution in [0.4, 0.5) is 0 Å². The van der Waals surface area contributed by atoms with Crippen molar-refractivity contribution < 1.29 is 4.79 Å². The van der Waals surface area contributed by atoms with Gasteiger partial charge in [0.25, 0.3) is 5.56 Å². The molecular weight excluding hydrogens is 306 g/mol. The smallest absolute Gasteiger partial charge is 0.330 e. The van der Waals surface area contributed by atoms with Gasteiger partial charge in [-0.15, -0.1) is 0 Å². The number of carbonyl (C=O) groups is 1. The Morgan fingerprint density at radius 2 is 2.00 bits per heavy atom. The number of amides is 1. The van der Waals surface area contributed by atoms with Crippen LogP contribution >= 0.6 is 0 Å². The van der Waals surface area contributed by atoms with Crippen LogP contribution in [-0.4, -0.2) is 15.0 Å². The van der Waals surface area contributed by atoms with E-state index in [1.54, 1.807) is 7.05 Å². The van der Waals surface area contributed by atoms with Gasteiger partial charge in [-0.3, -0.25) is 14.2 Å². The second-order valence-corrected chi connectivity index (χ2v) is 5.97. The molecule has 0 saturated carbocycles. The lowest BCUT2D eigenvalue weighted by atomic mass is 10.1. The summed E-state index contributed by atoms with van der Waals surface area (Å²) >= 11 is 0. The average Bonchev–Trinajstić information content (AvgIpc) is 2.98. The Kier molecular flexibility index (Phi) is 4.20. The van der Waals surface area contributed by atoms with Crippen molar-refractivity contribution in [2.24, 2.45) is 14.1 Å². The van der Waals surface area contributed by atoms with E-state index in [9.17, 15) is 14.4 Å². The number of hydrogen-bond donors (Lipinski definition) is 1. The maximum absolute atomic E-state index is 12.2. The van der Waals surface area contributed by atoms with Crippen molar-refractivity contribution in [3.8, 4) is 0 Å². The Hall–Kier alpha value is -2.89. The molecule has 1 N–H and O–H groups in total. The van der Waals surface area contributed by atoms with Gasteiger partial charge in [0.05, 0.1) is 11.6 Å². The SMILES string of the molecule is Cn1cc(/C=C/C(=O)NC2CCc3ccccc32)c(=O)n(C)c1=O. The number of hydrogen-bond acceptors (Lipinski definition) is 3. The molecule has 1 amide bonds. The predicted octanol–water partition coefficient (Wildman–Crippen LogP) is 0.901. The molecule has 124 valence electrons. The minimum absolute atomic E-state index is 0.00121. The first kappa shape index (κ1) is 16.0. The number of fused-ring (bicyclic) bond motifs is 1. The summed E-state index contributed by atoms with van der Waals surface area (Å²) in [5.41, 5.74) is 1.88. The number of aryl methyl sites for hydroxylation is 2. The second-order valence-electron chi connectivity index (χ2n) is 5.97. The molecule has 2 aromatic rings. The van der Waals surface area contributed by atoms with E-state index in [0.29, 0.717) is 5.56 Å². The summed E-state index contributed by atoms with van der Waals surface area (Å²) in [7, 11) is 2.98. The van der Waals surface area contributed by atoms with Gasteiger partial charge in [0.1, 0.15) is 0 Å². The van der Waals surface area contributed by atoms with Crippen LogP contribution in [0.15, 0.2) is 46.1 Å². The number of carbonyl (C=O) groups excluding carboxylic acids is 1. The first-order chi connectivity index (χ1) is 11.5. The third-order valence-corrected chi connectivity index (χ3v) is 4.34. The van der Waals surface area contributed by atoms with Crippen molar-refractivity contribution in [3.05, 3.63) is 74.1 Å². The first-order valence-electron chi connectivity index (χ1n) is 7.80. The molecule has 0 saturated heterocycles. The highest BCUT2D eigenvalue weighted by Gasteiger charge is 2.22. The zero-order valence-corrected chi connectivity index (χ0v) is 13.7. The van der Waals surface area contributed by atoms with E-state index in [1.807, 2.05) is 18.2 Å². The van der Waals surface area contributed by atoms with E-state index in [1.165, 1.54) is 35.5 Å². The van der Waals surface area contributed by atoms with Crippen LogP contribution in [0.1, 0.15) is 29.2 Å². The third kappa shape index (κ3) is 2.95. The maximum Gasteiger partial charge on any atom is 0.330 e. The number of nitrogens with one attached hydrogen (secondary N) is 1. The van der Waals surface area contributed by atoms with Crippen LogP contribution in [-0.2, 0) is 25.3 Å². The molecule has 1 atom stereocenters. The molecule has 24 heavy (non-hydrogen) atoms. The monoisotopic (exact) mass is 325 g/mol. The summed E-state index contributed by atoms with van der Waals surface area (Å²) in [6.07, 6.45) is 6.03. The summed E-state index contributed by atoms with van der Waals surface area (Å²) in [5, 5.41) is 2.96. The number of nitrogens with zero attached hydrogens (tertiary/aromatic N) is 2. The van der Waals surface area contributed by atoms with Gasteiger partial charge >= 0.3 is 5.69 Å². The molecule has 1 aromatic carbocycles. The van der Waals surface area contributed by atoms with Gasteiger partial charge in [0.2, 0.25) is 5.91 Å². The third-order valence-electron chi connectivity index (χ3n) is 4.34. The molecule has 1 aliphatic rings. The van der Waals surface area contributed by atoms with Gasteiger partial charge in [0.15, 0.2) is 0 Å². The van der Waals surface area contributed by atoms with Gasteiger partial charge in [0, 0.05) is 26.4 Å². The highest BCUT2D eigenvalue weighted by molar-refractivity contribution is 5.92. The zero-order valence-electron chi connectivity index (χ0n) is 13.7. The molecule has 1 unspecified atom stereocenters. The highest BCUT2D eigenvalue weighted by Crippen LogP contribution is 2.30. The van der Waals surface area contributed by atoms with Gasteiger partial charge in [-0.05, 0) is 30.0 Å². The minimum Gasteiger partial charge on any atom is -0.346 e. The largest absolute Gasteiger partial charge is 0.346 e. The Morgan fingerprint density at radius 1 is 1.25 bits per heavy atom. The molecule has 6 heteroatoms. The van der Waals surface area contributed by atoms with E-state index >= 15 is 0 Å². The Balaban J connectivity index is 1.76. The van der Waals surface area contributed by atoms with Crippen molar-refractivity contribution in [3.63, 3.8) is 0 Å². The summed E-state index contributed by atoms with van der Waals surface area (Å²) in [5.74, 6) is -0.257. The molecule has 1 aromatic heterocycles. The predicted molar refractivity (Wildman–Crippen MR) is 91.6 cm³/mol. The molecule has 0 spiro atoms.